The number of fused-ring (bicyclic) bond motifs is 1. The summed E-state index contributed by atoms with van der Waals surface area (Å²) in [4.78, 5) is 62.0. The molecule has 1 saturated heterocycles. The van der Waals surface area contributed by atoms with E-state index in [1.165, 1.54) is 0 Å². The maximum absolute atomic E-state index is 13.1. The molecule has 16 heteroatoms. The SMILES string of the molecule is C=C(C)C(=O)OCCOCCOCCOCCOCCOCCOCCOCCNc1cccc2c1C(=O)N(C1CCC(=O)NC1=O)C2=O. The molecule has 49 heavy (non-hydrogen) atoms. The van der Waals surface area contributed by atoms with E-state index in [-0.39, 0.29) is 30.6 Å². The van der Waals surface area contributed by atoms with Crippen molar-refractivity contribution in [2.45, 2.75) is 25.8 Å². The van der Waals surface area contributed by atoms with Gasteiger partial charge in [0.25, 0.3) is 11.8 Å². The molecule has 1 unspecified atom stereocenters. The number of amides is 4. The molecule has 4 amide bonds. The third-order valence-electron chi connectivity index (χ3n) is 7.07. The van der Waals surface area contributed by atoms with Crippen molar-refractivity contribution < 1.29 is 61.9 Å². The third-order valence-corrected chi connectivity index (χ3v) is 7.07. The average Bonchev–Trinajstić information content (AvgIpc) is 3.33. The molecule has 0 saturated carbocycles. The molecule has 3 rings (SSSR count). The van der Waals surface area contributed by atoms with Gasteiger partial charge in [0.15, 0.2) is 0 Å². The van der Waals surface area contributed by atoms with Crippen molar-refractivity contribution in [1.29, 1.82) is 0 Å². The van der Waals surface area contributed by atoms with E-state index in [4.69, 9.17) is 37.9 Å². The molecule has 2 aliphatic rings. The normalized spacial score (nSPS) is 15.8. The fourth-order valence-corrected chi connectivity index (χ4v) is 4.66. The number of carbonyl (C=O) groups is 5. The number of hydrogen-bond acceptors (Lipinski definition) is 14. The largest absolute Gasteiger partial charge is 0.460 e. The molecule has 1 atom stereocenters. The summed E-state index contributed by atoms with van der Waals surface area (Å²) in [6.45, 7) is 11.3. The van der Waals surface area contributed by atoms with E-state index in [9.17, 15) is 24.0 Å². The maximum atomic E-state index is 13.1. The number of nitrogens with zero attached hydrogens (tertiary/aromatic N) is 1. The molecule has 2 N–H and O–H groups in total. The molecule has 16 nitrogen and oxygen atoms in total. The summed E-state index contributed by atoms with van der Waals surface area (Å²) < 4.78 is 43.0. The van der Waals surface area contributed by atoms with Gasteiger partial charge in [-0.1, -0.05) is 12.6 Å². The number of benzene rings is 1. The second kappa shape index (κ2) is 22.8. The molecule has 2 aliphatic heterocycles. The Morgan fingerprint density at radius 3 is 1.73 bits per heavy atom. The number of anilines is 1. The highest BCUT2D eigenvalue weighted by molar-refractivity contribution is 6.25. The van der Waals surface area contributed by atoms with Crippen molar-refractivity contribution in [3.05, 3.63) is 41.5 Å². The predicted octanol–water partition coefficient (Wildman–Crippen LogP) is 0.735. The quantitative estimate of drug-likeness (QED) is 0.0569. The standard InChI is InChI=1S/C33H47N3O13/c1-24(2)33(41)49-23-22-48-21-20-47-19-18-46-17-16-45-15-14-44-13-12-43-11-10-42-9-8-34-26-5-3-4-25-29(26)32(40)36(31(25)39)27-6-7-28(37)35-30(27)38/h3-5,27,34H,1,6-23H2,2H3,(H,35,37,38). The number of nitrogens with one attached hydrogen (secondary N) is 2. The Balaban J connectivity index is 1.08. The number of esters is 1. The maximum Gasteiger partial charge on any atom is 0.333 e. The van der Waals surface area contributed by atoms with Crippen LogP contribution in [0.1, 0.15) is 40.5 Å². The summed E-state index contributed by atoms with van der Waals surface area (Å²) in [5, 5.41) is 5.32. The smallest absolute Gasteiger partial charge is 0.333 e. The van der Waals surface area contributed by atoms with Gasteiger partial charge < -0.3 is 43.2 Å². The second-order valence-electron chi connectivity index (χ2n) is 10.8. The highest BCUT2D eigenvalue weighted by Gasteiger charge is 2.45. The molecular formula is C33H47N3O13. The molecule has 0 radical (unpaired) electrons. The summed E-state index contributed by atoms with van der Waals surface area (Å²) in [6.07, 6.45) is 0.165. The number of hydrogen-bond donors (Lipinski definition) is 2. The van der Waals surface area contributed by atoms with Crippen molar-refractivity contribution >= 4 is 35.3 Å². The minimum atomic E-state index is -1.01. The van der Waals surface area contributed by atoms with E-state index in [1.807, 2.05) is 0 Å². The molecule has 1 aromatic rings. The van der Waals surface area contributed by atoms with Gasteiger partial charge in [0.2, 0.25) is 11.8 Å². The fraction of sp³-hybridized carbons (Fsp3) is 0.606. The summed E-state index contributed by atoms with van der Waals surface area (Å²) in [7, 11) is 0. The highest BCUT2D eigenvalue weighted by atomic mass is 16.6. The molecule has 0 aliphatic carbocycles. The van der Waals surface area contributed by atoms with Gasteiger partial charge in [0.05, 0.1) is 104 Å². The first-order valence-electron chi connectivity index (χ1n) is 16.3. The Kier molecular flexibility index (Phi) is 18.4. The third kappa shape index (κ3) is 13.9. The first-order chi connectivity index (χ1) is 23.8. The van der Waals surface area contributed by atoms with Gasteiger partial charge in [-0.3, -0.25) is 29.4 Å². The summed E-state index contributed by atoms with van der Waals surface area (Å²) >= 11 is 0. The van der Waals surface area contributed by atoms with Crippen LogP contribution in [0.3, 0.4) is 0 Å². The zero-order valence-corrected chi connectivity index (χ0v) is 28.0. The lowest BCUT2D eigenvalue weighted by Gasteiger charge is -2.27. The van der Waals surface area contributed by atoms with Gasteiger partial charge in [0.1, 0.15) is 12.6 Å². The Bertz CT molecular complexity index is 1260. The number of imide groups is 2. The van der Waals surface area contributed by atoms with Gasteiger partial charge in [-0.2, -0.15) is 0 Å². The van der Waals surface area contributed by atoms with Crippen molar-refractivity contribution in [2.75, 3.05) is 111 Å². The average molecular weight is 694 g/mol. The van der Waals surface area contributed by atoms with Crippen molar-refractivity contribution in [2.24, 2.45) is 0 Å². The molecule has 1 fully saturated rings. The van der Waals surface area contributed by atoms with E-state index in [0.717, 1.165) is 4.90 Å². The number of ether oxygens (including phenoxy) is 8. The van der Waals surface area contributed by atoms with Gasteiger partial charge >= 0.3 is 5.97 Å². The zero-order valence-electron chi connectivity index (χ0n) is 28.0. The van der Waals surface area contributed by atoms with Crippen molar-refractivity contribution in [1.82, 2.24) is 10.2 Å². The van der Waals surface area contributed by atoms with Gasteiger partial charge in [-0.05, 0) is 25.5 Å². The van der Waals surface area contributed by atoms with E-state index in [2.05, 4.69) is 17.2 Å². The van der Waals surface area contributed by atoms with Gasteiger partial charge in [-0.25, -0.2) is 4.79 Å². The van der Waals surface area contributed by atoms with Crippen molar-refractivity contribution in [3.8, 4) is 0 Å². The molecule has 0 aromatic heterocycles. The lowest BCUT2D eigenvalue weighted by molar-refractivity contribution is -0.140. The Morgan fingerprint density at radius 2 is 1.24 bits per heavy atom. The van der Waals surface area contributed by atoms with Gasteiger partial charge in [-0.15, -0.1) is 0 Å². The van der Waals surface area contributed by atoms with E-state index in [1.54, 1.807) is 25.1 Å². The van der Waals surface area contributed by atoms with E-state index in [0.29, 0.717) is 110 Å². The zero-order chi connectivity index (χ0) is 35.3. The minimum absolute atomic E-state index is 0.0635. The highest BCUT2D eigenvalue weighted by Crippen LogP contribution is 2.32. The Morgan fingerprint density at radius 1 is 0.755 bits per heavy atom. The van der Waals surface area contributed by atoms with Crippen LogP contribution in [-0.4, -0.2) is 146 Å². The van der Waals surface area contributed by atoms with Crippen LogP contribution in [0.15, 0.2) is 30.4 Å². The van der Waals surface area contributed by atoms with Crippen LogP contribution in [0, 0.1) is 0 Å². The van der Waals surface area contributed by atoms with Crippen LogP contribution in [0.25, 0.3) is 0 Å². The molecule has 272 valence electrons. The Hall–Kier alpha value is -3.77. The lowest BCUT2D eigenvalue weighted by atomic mass is 10.0. The predicted molar refractivity (Wildman–Crippen MR) is 173 cm³/mol. The van der Waals surface area contributed by atoms with E-state index >= 15 is 0 Å². The topological polar surface area (TPSA) is 186 Å². The Labute approximate surface area is 285 Å². The number of carbonyl (C=O) groups excluding carboxylic acids is 5. The first-order valence-corrected chi connectivity index (χ1v) is 16.3. The second-order valence-corrected chi connectivity index (χ2v) is 10.8. The number of piperidine rings is 1. The summed E-state index contributed by atoms with van der Waals surface area (Å²) in [5.41, 5.74) is 1.25. The van der Waals surface area contributed by atoms with Crippen molar-refractivity contribution in [3.63, 3.8) is 0 Å². The van der Waals surface area contributed by atoms with Crippen LogP contribution in [0.5, 0.6) is 0 Å². The first kappa shape index (κ1) is 39.7. The van der Waals surface area contributed by atoms with Crippen LogP contribution in [0.4, 0.5) is 5.69 Å². The van der Waals surface area contributed by atoms with Crippen LogP contribution < -0.4 is 10.6 Å². The molecule has 2 heterocycles. The van der Waals surface area contributed by atoms with Gasteiger partial charge in [0, 0.05) is 24.2 Å². The summed E-state index contributed by atoms with van der Waals surface area (Å²) in [6, 6.07) is 3.89. The minimum Gasteiger partial charge on any atom is -0.460 e. The molecule has 1 aromatic carbocycles. The number of rotatable bonds is 27. The van der Waals surface area contributed by atoms with Crippen LogP contribution >= 0.6 is 0 Å². The lowest BCUT2D eigenvalue weighted by Crippen LogP contribution is -2.54. The molecular weight excluding hydrogens is 646 g/mol. The summed E-state index contributed by atoms with van der Waals surface area (Å²) in [5.74, 6) is -2.61. The molecule has 0 spiro atoms. The fourth-order valence-electron chi connectivity index (χ4n) is 4.66. The monoisotopic (exact) mass is 693 g/mol. The van der Waals surface area contributed by atoms with Crippen LogP contribution in [0.2, 0.25) is 0 Å². The van der Waals surface area contributed by atoms with Crippen LogP contribution in [-0.2, 0) is 52.3 Å². The van der Waals surface area contributed by atoms with E-state index < -0.39 is 35.6 Å². The molecule has 0 bridgehead atoms.